The molecular weight excluding hydrogens is 266 g/mol. The third kappa shape index (κ3) is 2.95. The summed E-state index contributed by atoms with van der Waals surface area (Å²) in [5.41, 5.74) is 0. The maximum Gasteiger partial charge on any atom is 0.192 e. The van der Waals surface area contributed by atoms with Gasteiger partial charge in [-0.25, -0.2) is 8.42 Å². The Labute approximate surface area is 114 Å². The molecule has 2 unspecified atom stereocenters. The molecule has 5 heteroatoms. The van der Waals surface area contributed by atoms with E-state index in [1.54, 1.807) is 6.07 Å². The first kappa shape index (κ1) is 14.0. The van der Waals surface area contributed by atoms with E-state index in [9.17, 15) is 8.42 Å². The second-order valence-corrected chi connectivity index (χ2v) is 8.16. The van der Waals surface area contributed by atoms with E-state index in [0.29, 0.717) is 4.21 Å². The molecule has 0 radical (unpaired) electrons. The zero-order chi connectivity index (χ0) is 13.0. The number of nitrogens with one attached hydrogen (secondary N) is 1. The topological polar surface area (TPSA) is 46.2 Å². The van der Waals surface area contributed by atoms with E-state index in [2.05, 4.69) is 5.32 Å². The maximum absolute atomic E-state index is 12.7. The summed E-state index contributed by atoms with van der Waals surface area (Å²) in [6.45, 7) is 2.88. The van der Waals surface area contributed by atoms with E-state index >= 15 is 0 Å². The van der Waals surface area contributed by atoms with Crippen LogP contribution in [0.15, 0.2) is 21.7 Å². The van der Waals surface area contributed by atoms with Crippen LogP contribution in [0.5, 0.6) is 0 Å². The number of hydrogen-bond acceptors (Lipinski definition) is 4. The van der Waals surface area contributed by atoms with Crippen molar-refractivity contribution in [2.24, 2.45) is 0 Å². The van der Waals surface area contributed by atoms with Gasteiger partial charge in [0.05, 0.1) is 5.25 Å². The second kappa shape index (κ2) is 6.17. The van der Waals surface area contributed by atoms with Gasteiger partial charge in [-0.1, -0.05) is 32.3 Å². The largest absolute Gasteiger partial charge is 0.313 e. The summed E-state index contributed by atoms with van der Waals surface area (Å²) in [6, 6.07) is 3.66. The molecule has 0 amide bonds. The summed E-state index contributed by atoms with van der Waals surface area (Å²) in [5.74, 6) is 0. The first-order valence-electron chi connectivity index (χ1n) is 6.67. The zero-order valence-corrected chi connectivity index (χ0v) is 12.4. The van der Waals surface area contributed by atoms with Gasteiger partial charge in [0, 0.05) is 6.04 Å². The standard InChI is InChI=1S/C13H21NO2S2/c1-2-14-11-7-4-3-5-8-12(11)18(15,16)13-9-6-10-17-13/h6,9-12,14H,2-5,7-8H2,1H3. The Hall–Kier alpha value is -0.390. The molecule has 18 heavy (non-hydrogen) atoms. The highest BCUT2D eigenvalue weighted by Crippen LogP contribution is 2.30. The van der Waals surface area contributed by atoms with E-state index < -0.39 is 9.84 Å². The highest BCUT2D eigenvalue weighted by molar-refractivity contribution is 7.94. The van der Waals surface area contributed by atoms with Crippen molar-refractivity contribution in [3.63, 3.8) is 0 Å². The van der Waals surface area contributed by atoms with Gasteiger partial charge in [-0.3, -0.25) is 0 Å². The van der Waals surface area contributed by atoms with Crippen molar-refractivity contribution < 1.29 is 8.42 Å². The molecule has 1 saturated carbocycles. The van der Waals surface area contributed by atoms with Crippen LogP contribution in [0, 0.1) is 0 Å². The summed E-state index contributed by atoms with van der Waals surface area (Å²) in [6.07, 6.45) is 5.07. The smallest absolute Gasteiger partial charge is 0.192 e. The molecule has 1 fully saturated rings. The fraction of sp³-hybridized carbons (Fsp3) is 0.692. The lowest BCUT2D eigenvalue weighted by molar-refractivity contribution is 0.460. The second-order valence-electron chi connectivity index (χ2n) is 4.82. The van der Waals surface area contributed by atoms with Gasteiger partial charge < -0.3 is 5.32 Å². The van der Waals surface area contributed by atoms with E-state index in [1.807, 2.05) is 18.4 Å². The fourth-order valence-electron chi connectivity index (χ4n) is 2.72. The Morgan fingerprint density at radius 3 is 2.78 bits per heavy atom. The SMILES string of the molecule is CCNC1CCCCCC1S(=O)(=O)c1cccs1. The third-order valence-corrected chi connectivity index (χ3v) is 7.30. The maximum atomic E-state index is 12.7. The molecule has 2 rings (SSSR count). The minimum atomic E-state index is -3.16. The van der Waals surface area contributed by atoms with Crippen molar-refractivity contribution in [1.29, 1.82) is 0 Å². The van der Waals surface area contributed by atoms with Crippen molar-refractivity contribution in [2.45, 2.75) is 54.5 Å². The lowest BCUT2D eigenvalue weighted by atomic mass is 10.1. The van der Waals surface area contributed by atoms with Crippen LogP contribution in [0.2, 0.25) is 0 Å². The van der Waals surface area contributed by atoms with Gasteiger partial charge in [0.2, 0.25) is 0 Å². The number of rotatable bonds is 4. The predicted octanol–water partition coefficient (Wildman–Crippen LogP) is 2.83. The van der Waals surface area contributed by atoms with E-state index in [1.165, 1.54) is 11.3 Å². The van der Waals surface area contributed by atoms with E-state index in [4.69, 9.17) is 0 Å². The Morgan fingerprint density at radius 1 is 1.33 bits per heavy atom. The van der Waals surface area contributed by atoms with Gasteiger partial charge in [-0.05, 0) is 30.8 Å². The quantitative estimate of drug-likeness (QED) is 0.866. The minimum Gasteiger partial charge on any atom is -0.313 e. The predicted molar refractivity (Wildman–Crippen MR) is 75.8 cm³/mol. The minimum absolute atomic E-state index is 0.115. The summed E-state index contributed by atoms with van der Waals surface area (Å²) < 4.78 is 25.8. The molecule has 0 aromatic carbocycles. The fourth-order valence-corrected chi connectivity index (χ4v) is 5.95. The Morgan fingerprint density at radius 2 is 2.11 bits per heavy atom. The van der Waals surface area contributed by atoms with Crippen LogP contribution < -0.4 is 5.32 Å². The Bertz CT molecular complexity index is 453. The summed E-state index contributed by atoms with van der Waals surface area (Å²) >= 11 is 1.33. The zero-order valence-electron chi connectivity index (χ0n) is 10.8. The molecule has 0 spiro atoms. The van der Waals surface area contributed by atoms with E-state index in [-0.39, 0.29) is 11.3 Å². The van der Waals surface area contributed by atoms with Crippen molar-refractivity contribution in [3.05, 3.63) is 17.5 Å². The first-order chi connectivity index (χ1) is 8.66. The normalized spacial score (nSPS) is 25.8. The molecule has 3 nitrogen and oxygen atoms in total. The Balaban J connectivity index is 2.27. The molecule has 0 aliphatic heterocycles. The molecule has 1 aromatic heterocycles. The molecule has 0 bridgehead atoms. The van der Waals surface area contributed by atoms with Crippen LogP contribution >= 0.6 is 11.3 Å². The van der Waals surface area contributed by atoms with E-state index in [0.717, 1.165) is 38.6 Å². The molecule has 1 aliphatic rings. The number of hydrogen-bond donors (Lipinski definition) is 1. The number of thiophene rings is 1. The van der Waals surface area contributed by atoms with Crippen LogP contribution in [0.3, 0.4) is 0 Å². The molecule has 2 atom stereocenters. The van der Waals surface area contributed by atoms with Gasteiger partial charge in [-0.15, -0.1) is 11.3 Å². The lowest BCUT2D eigenvalue weighted by Crippen LogP contribution is -2.43. The molecule has 102 valence electrons. The molecule has 1 aliphatic carbocycles. The summed E-state index contributed by atoms with van der Waals surface area (Å²) in [4.78, 5) is 0. The monoisotopic (exact) mass is 287 g/mol. The van der Waals surface area contributed by atoms with Crippen molar-refractivity contribution in [2.75, 3.05) is 6.54 Å². The molecule has 1 heterocycles. The van der Waals surface area contributed by atoms with Crippen LogP contribution in [0.25, 0.3) is 0 Å². The number of sulfone groups is 1. The van der Waals surface area contributed by atoms with Crippen LogP contribution in [0.4, 0.5) is 0 Å². The molecular formula is C13H21NO2S2. The molecule has 0 saturated heterocycles. The van der Waals surface area contributed by atoms with Gasteiger partial charge in [0.15, 0.2) is 9.84 Å². The summed E-state index contributed by atoms with van der Waals surface area (Å²) in [5, 5.41) is 4.96. The van der Waals surface area contributed by atoms with Crippen LogP contribution in [-0.4, -0.2) is 26.3 Å². The Kier molecular flexibility index (Phi) is 4.81. The highest BCUT2D eigenvalue weighted by Gasteiger charge is 2.35. The van der Waals surface area contributed by atoms with Crippen LogP contribution in [-0.2, 0) is 9.84 Å². The average Bonchev–Trinajstić information content (AvgIpc) is 2.78. The van der Waals surface area contributed by atoms with Crippen LogP contribution in [0.1, 0.15) is 39.0 Å². The van der Waals surface area contributed by atoms with Gasteiger partial charge in [0.1, 0.15) is 4.21 Å². The van der Waals surface area contributed by atoms with Crippen molar-refractivity contribution >= 4 is 21.2 Å². The lowest BCUT2D eigenvalue weighted by Gasteiger charge is -2.25. The van der Waals surface area contributed by atoms with Crippen molar-refractivity contribution in [1.82, 2.24) is 5.32 Å². The highest BCUT2D eigenvalue weighted by atomic mass is 32.2. The first-order valence-corrected chi connectivity index (χ1v) is 9.09. The third-order valence-electron chi connectivity index (χ3n) is 3.59. The van der Waals surface area contributed by atoms with Crippen molar-refractivity contribution in [3.8, 4) is 0 Å². The van der Waals surface area contributed by atoms with Gasteiger partial charge >= 0.3 is 0 Å². The molecule has 1 aromatic rings. The average molecular weight is 287 g/mol. The van der Waals surface area contributed by atoms with Gasteiger partial charge in [0.25, 0.3) is 0 Å². The summed E-state index contributed by atoms with van der Waals surface area (Å²) in [7, 11) is -3.16. The van der Waals surface area contributed by atoms with Gasteiger partial charge in [-0.2, -0.15) is 0 Å². The molecule has 1 N–H and O–H groups in total.